The molecule has 4 rings (SSSR count). The lowest BCUT2D eigenvalue weighted by Crippen LogP contribution is -2.10. The minimum Gasteiger partial charge on any atom is -0.299 e. The first-order chi connectivity index (χ1) is 15.9. The van der Waals surface area contributed by atoms with Gasteiger partial charge in [0, 0.05) is 22.9 Å². The molecule has 0 radical (unpaired) electrons. The van der Waals surface area contributed by atoms with Crippen LogP contribution >= 0.6 is 0 Å². The molecule has 0 amide bonds. The van der Waals surface area contributed by atoms with Crippen LogP contribution in [0.2, 0.25) is 0 Å². The molecule has 0 aliphatic rings. The van der Waals surface area contributed by atoms with Gasteiger partial charge in [0.25, 0.3) is 11.4 Å². The van der Waals surface area contributed by atoms with E-state index in [1.54, 1.807) is 0 Å². The largest absolute Gasteiger partial charge is 0.299 e. The SMILES string of the molecule is Cc1cc(NNc2ccc([N+](=O)[O-])cn2)c2ccccc2c1N=Nc1ccc([N+](=O)[O-])cn1. The third-order valence-electron chi connectivity index (χ3n) is 4.69. The highest BCUT2D eigenvalue weighted by Crippen LogP contribution is 2.36. The quantitative estimate of drug-likeness (QED) is 0.211. The molecule has 0 unspecified atom stereocenters. The van der Waals surface area contributed by atoms with Crippen LogP contribution in [0.5, 0.6) is 0 Å². The molecule has 2 N–H and O–H groups in total. The number of nitrogens with zero attached hydrogens (tertiary/aromatic N) is 6. The van der Waals surface area contributed by atoms with Crippen molar-refractivity contribution in [2.45, 2.75) is 6.92 Å². The number of benzene rings is 2. The van der Waals surface area contributed by atoms with E-state index in [2.05, 4.69) is 31.0 Å². The van der Waals surface area contributed by atoms with Gasteiger partial charge in [-0.2, -0.15) is 0 Å². The maximum absolute atomic E-state index is 10.8. The average Bonchev–Trinajstić information content (AvgIpc) is 2.82. The van der Waals surface area contributed by atoms with Gasteiger partial charge in [-0.15, -0.1) is 10.2 Å². The Morgan fingerprint density at radius 2 is 1.48 bits per heavy atom. The summed E-state index contributed by atoms with van der Waals surface area (Å²) in [6.07, 6.45) is 2.30. The lowest BCUT2D eigenvalue weighted by molar-refractivity contribution is -0.385. The molecular weight excluding hydrogens is 428 g/mol. The fraction of sp³-hybridized carbons (Fsp3) is 0.0476. The Kier molecular flexibility index (Phi) is 5.80. The normalized spacial score (nSPS) is 10.9. The second-order valence-corrected chi connectivity index (χ2v) is 6.88. The average molecular weight is 444 g/mol. The first-order valence-electron chi connectivity index (χ1n) is 9.59. The third-order valence-corrected chi connectivity index (χ3v) is 4.69. The summed E-state index contributed by atoms with van der Waals surface area (Å²) < 4.78 is 0. The van der Waals surface area contributed by atoms with Gasteiger partial charge in [0.15, 0.2) is 5.82 Å². The molecule has 0 saturated heterocycles. The number of anilines is 2. The molecule has 12 nitrogen and oxygen atoms in total. The van der Waals surface area contributed by atoms with E-state index in [0.29, 0.717) is 11.5 Å². The summed E-state index contributed by atoms with van der Waals surface area (Å²) in [6, 6.07) is 15.0. The van der Waals surface area contributed by atoms with Crippen LogP contribution in [-0.4, -0.2) is 19.8 Å². The first kappa shape index (κ1) is 21.2. The number of hydrogen-bond acceptors (Lipinski definition) is 10. The number of azo groups is 1. The molecule has 0 aliphatic heterocycles. The Labute approximate surface area is 186 Å². The van der Waals surface area contributed by atoms with Crippen molar-refractivity contribution in [3.8, 4) is 0 Å². The number of fused-ring (bicyclic) bond motifs is 1. The van der Waals surface area contributed by atoms with E-state index >= 15 is 0 Å². The van der Waals surface area contributed by atoms with Crippen molar-refractivity contribution in [1.29, 1.82) is 0 Å². The molecule has 164 valence electrons. The third kappa shape index (κ3) is 4.69. The highest BCUT2D eigenvalue weighted by Gasteiger charge is 2.11. The van der Waals surface area contributed by atoms with Crippen molar-refractivity contribution in [2.24, 2.45) is 10.2 Å². The Balaban J connectivity index is 1.61. The van der Waals surface area contributed by atoms with E-state index in [1.807, 2.05) is 37.3 Å². The van der Waals surface area contributed by atoms with Crippen molar-refractivity contribution in [2.75, 3.05) is 10.9 Å². The molecule has 2 aromatic heterocycles. The zero-order valence-electron chi connectivity index (χ0n) is 17.2. The number of nitrogens with one attached hydrogen (secondary N) is 2. The number of hydrazine groups is 1. The van der Waals surface area contributed by atoms with Gasteiger partial charge in [0.1, 0.15) is 18.2 Å². The summed E-state index contributed by atoms with van der Waals surface area (Å²) in [5, 5.41) is 31.7. The maximum atomic E-state index is 10.8. The van der Waals surface area contributed by atoms with Crippen LogP contribution < -0.4 is 10.9 Å². The molecule has 2 heterocycles. The van der Waals surface area contributed by atoms with Gasteiger partial charge in [0.05, 0.1) is 21.2 Å². The van der Waals surface area contributed by atoms with Crippen LogP contribution in [0.15, 0.2) is 77.2 Å². The first-order valence-corrected chi connectivity index (χ1v) is 9.59. The van der Waals surface area contributed by atoms with Crippen LogP contribution in [0.4, 0.5) is 34.4 Å². The molecule has 0 aliphatic carbocycles. The monoisotopic (exact) mass is 444 g/mol. The summed E-state index contributed by atoms with van der Waals surface area (Å²) in [5.74, 6) is 0.660. The van der Waals surface area contributed by atoms with E-state index in [0.717, 1.165) is 28.2 Å². The van der Waals surface area contributed by atoms with Gasteiger partial charge >= 0.3 is 0 Å². The minimum atomic E-state index is -0.530. The summed E-state index contributed by atoms with van der Waals surface area (Å²) in [5.41, 5.74) is 7.99. The van der Waals surface area contributed by atoms with Crippen molar-refractivity contribution >= 4 is 45.2 Å². The van der Waals surface area contributed by atoms with Gasteiger partial charge in [-0.3, -0.25) is 31.1 Å². The minimum absolute atomic E-state index is 0.0981. The van der Waals surface area contributed by atoms with Crippen LogP contribution in [0.1, 0.15) is 5.56 Å². The van der Waals surface area contributed by atoms with E-state index in [9.17, 15) is 20.2 Å². The summed E-state index contributed by atoms with van der Waals surface area (Å²) in [4.78, 5) is 28.5. The van der Waals surface area contributed by atoms with Gasteiger partial charge < -0.3 is 0 Å². The number of aromatic nitrogens is 2. The summed E-state index contributed by atoms with van der Waals surface area (Å²) >= 11 is 0. The molecule has 12 heteroatoms. The zero-order valence-corrected chi connectivity index (χ0v) is 17.2. The number of rotatable bonds is 7. The lowest BCUT2D eigenvalue weighted by atomic mass is 10.0. The van der Waals surface area contributed by atoms with E-state index in [1.165, 1.54) is 30.5 Å². The molecule has 0 saturated carbocycles. The molecule has 0 spiro atoms. The molecule has 0 atom stereocenters. The highest BCUT2D eigenvalue weighted by molar-refractivity contribution is 6.02. The fourth-order valence-electron chi connectivity index (χ4n) is 3.08. The van der Waals surface area contributed by atoms with Gasteiger partial charge in [0.2, 0.25) is 0 Å². The highest BCUT2D eigenvalue weighted by atomic mass is 16.6. The molecule has 0 bridgehead atoms. The van der Waals surface area contributed by atoms with Crippen molar-refractivity contribution in [3.63, 3.8) is 0 Å². The Bertz CT molecular complexity index is 1370. The number of pyridine rings is 2. The van der Waals surface area contributed by atoms with Crippen molar-refractivity contribution in [1.82, 2.24) is 9.97 Å². The van der Waals surface area contributed by atoms with E-state index in [-0.39, 0.29) is 17.2 Å². The van der Waals surface area contributed by atoms with Gasteiger partial charge in [-0.1, -0.05) is 24.3 Å². The smallest absolute Gasteiger partial charge is 0.287 e. The van der Waals surface area contributed by atoms with Crippen LogP contribution in [0, 0.1) is 27.2 Å². The number of nitro groups is 2. The van der Waals surface area contributed by atoms with Crippen LogP contribution in [0.25, 0.3) is 10.8 Å². The van der Waals surface area contributed by atoms with Crippen LogP contribution in [-0.2, 0) is 0 Å². The van der Waals surface area contributed by atoms with Crippen molar-refractivity contribution in [3.05, 3.63) is 92.8 Å². The van der Waals surface area contributed by atoms with E-state index < -0.39 is 9.85 Å². The maximum Gasteiger partial charge on any atom is 0.287 e. The van der Waals surface area contributed by atoms with Gasteiger partial charge in [-0.05, 0) is 30.7 Å². The van der Waals surface area contributed by atoms with Crippen molar-refractivity contribution < 1.29 is 9.85 Å². The summed E-state index contributed by atoms with van der Waals surface area (Å²) in [7, 11) is 0. The summed E-state index contributed by atoms with van der Waals surface area (Å²) in [6.45, 7) is 1.87. The second-order valence-electron chi connectivity index (χ2n) is 6.88. The Morgan fingerprint density at radius 1 is 0.818 bits per heavy atom. The molecule has 33 heavy (non-hydrogen) atoms. The standard InChI is InChI=1S/C21H16N8O4/c1-13-10-18(24-25-19-8-6-14(11-22-19)28(30)31)16-4-2-3-5-17(16)21(13)27-26-20-9-7-15(12-23-20)29(32)33/h2-12,24H,1H3,(H,22,25). The molecule has 4 aromatic rings. The fourth-order valence-corrected chi connectivity index (χ4v) is 3.08. The zero-order chi connectivity index (χ0) is 23.4. The van der Waals surface area contributed by atoms with Gasteiger partial charge in [-0.25, -0.2) is 9.97 Å². The topological polar surface area (TPSA) is 161 Å². The second kappa shape index (κ2) is 9.01. The number of aryl methyl sites for hydroxylation is 1. The predicted molar refractivity (Wildman–Crippen MR) is 122 cm³/mol. The molecule has 0 fully saturated rings. The Hall–Kier alpha value is -5.00. The predicted octanol–water partition coefficient (Wildman–Crippen LogP) is 5.61. The lowest BCUT2D eigenvalue weighted by Gasteiger charge is -2.14. The molecule has 2 aromatic carbocycles. The Morgan fingerprint density at radius 3 is 2.09 bits per heavy atom. The molecular formula is C21H16N8O4. The van der Waals surface area contributed by atoms with Crippen LogP contribution in [0.3, 0.4) is 0 Å². The number of hydrogen-bond donors (Lipinski definition) is 2. The van der Waals surface area contributed by atoms with E-state index in [4.69, 9.17) is 0 Å².